The predicted molar refractivity (Wildman–Crippen MR) is 85.7 cm³/mol. The van der Waals surface area contributed by atoms with Gasteiger partial charge in [-0.3, -0.25) is 0 Å². The summed E-state index contributed by atoms with van der Waals surface area (Å²) >= 11 is 5.95. The van der Waals surface area contributed by atoms with Gasteiger partial charge in [-0.15, -0.1) is 0 Å². The average Bonchev–Trinajstić information content (AvgIpc) is 2.54. The van der Waals surface area contributed by atoms with Gasteiger partial charge in [-0.25, -0.2) is 4.79 Å². The standard InChI is InChI=1S/C18H13ClO2/c1-21-18(20)14-10-13-4-2-3-5-16(13)17(11-14)12-6-8-15(19)9-7-12/h2-11H,1H3. The largest absolute Gasteiger partial charge is 0.465 e. The highest BCUT2D eigenvalue weighted by Crippen LogP contribution is 2.31. The maximum atomic E-state index is 11.9. The van der Waals surface area contributed by atoms with Gasteiger partial charge in [0.15, 0.2) is 0 Å². The van der Waals surface area contributed by atoms with Crippen LogP contribution in [-0.2, 0) is 4.74 Å². The lowest BCUT2D eigenvalue weighted by Gasteiger charge is -2.10. The molecule has 0 heterocycles. The first-order valence-corrected chi connectivity index (χ1v) is 6.94. The minimum absolute atomic E-state index is 0.337. The van der Waals surface area contributed by atoms with Crippen LogP contribution < -0.4 is 0 Å². The third-order valence-corrected chi connectivity index (χ3v) is 3.69. The number of rotatable bonds is 2. The van der Waals surface area contributed by atoms with Gasteiger partial charge in [-0.05, 0) is 46.2 Å². The Kier molecular flexibility index (Phi) is 3.63. The Hall–Kier alpha value is -2.32. The summed E-state index contributed by atoms with van der Waals surface area (Å²) in [6.07, 6.45) is 0. The van der Waals surface area contributed by atoms with Crippen molar-refractivity contribution in [3.8, 4) is 11.1 Å². The van der Waals surface area contributed by atoms with Gasteiger partial charge in [0.1, 0.15) is 0 Å². The summed E-state index contributed by atoms with van der Waals surface area (Å²) in [5.74, 6) is -0.337. The first kappa shape index (κ1) is 13.7. The van der Waals surface area contributed by atoms with E-state index in [2.05, 4.69) is 0 Å². The number of carbonyl (C=O) groups is 1. The van der Waals surface area contributed by atoms with Gasteiger partial charge in [-0.2, -0.15) is 0 Å². The van der Waals surface area contributed by atoms with Crippen LogP contribution in [0.2, 0.25) is 5.02 Å². The van der Waals surface area contributed by atoms with E-state index in [0.717, 1.165) is 21.9 Å². The van der Waals surface area contributed by atoms with Crippen LogP contribution in [0.15, 0.2) is 60.7 Å². The zero-order valence-corrected chi connectivity index (χ0v) is 12.2. The molecule has 0 amide bonds. The summed E-state index contributed by atoms with van der Waals surface area (Å²) in [7, 11) is 1.39. The number of hydrogen-bond acceptors (Lipinski definition) is 2. The van der Waals surface area contributed by atoms with Crippen LogP contribution >= 0.6 is 11.6 Å². The Morgan fingerprint density at radius 1 is 1.00 bits per heavy atom. The molecule has 3 aromatic rings. The van der Waals surface area contributed by atoms with Crippen molar-refractivity contribution in [2.45, 2.75) is 0 Å². The van der Waals surface area contributed by atoms with E-state index in [1.807, 2.05) is 60.7 Å². The second-order valence-corrected chi connectivity index (χ2v) is 5.18. The fraction of sp³-hybridized carbons (Fsp3) is 0.0556. The number of methoxy groups -OCH3 is 1. The van der Waals surface area contributed by atoms with Crippen molar-refractivity contribution in [3.05, 3.63) is 71.2 Å². The SMILES string of the molecule is COC(=O)c1cc(-c2ccc(Cl)cc2)c2ccccc2c1. The van der Waals surface area contributed by atoms with E-state index in [4.69, 9.17) is 16.3 Å². The Morgan fingerprint density at radius 3 is 2.43 bits per heavy atom. The van der Waals surface area contributed by atoms with Crippen LogP contribution in [0.25, 0.3) is 21.9 Å². The van der Waals surface area contributed by atoms with Crippen LogP contribution in [0.5, 0.6) is 0 Å². The molecule has 2 nitrogen and oxygen atoms in total. The first-order chi connectivity index (χ1) is 10.2. The van der Waals surface area contributed by atoms with E-state index in [1.165, 1.54) is 7.11 Å². The van der Waals surface area contributed by atoms with E-state index in [9.17, 15) is 4.79 Å². The molecule has 0 radical (unpaired) electrons. The van der Waals surface area contributed by atoms with Gasteiger partial charge in [-0.1, -0.05) is 48.0 Å². The lowest BCUT2D eigenvalue weighted by molar-refractivity contribution is 0.0601. The second kappa shape index (κ2) is 5.58. The third-order valence-electron chi connectivity index (χ3n) is 3.44. The molecule has 0 aliphatic heterocycles. The molecule has 0 aliphatic rings. The van der Waals surface area contributed by atoms with Gasteiger partial charge >= 0.3 is 5.97 Å². The van der Waals surface area contributed by atoms with Crippen molar-refractivity contribution < 1.29 is 9.53 Å². The molecule has 0 spiro atoms. The molecule has 104 valence electrons. The van der Waals surface area contributed by atoms with Crippen molar-refractivity contribution in [3.63, 3.8) is 0 Å². The zero-order valence-electron chi connectivity index (χ0n) is 11.5. The predicted octanol–water partition coefficient (Wildman–Crippen LogP) is 4.95. The van der Waals surface area contributed by atoms with E-state index in [0.29, 0.717) is 10.6 Å². The minimum atomic E-state index is -0.337. The number of hydrogen-bond donors (Lipinski definition) is 0. The summed E-state index contributed by atoms with van der Waals surface area (Å²) < 4.78 is 4.84. The van der Waals surface area contributed by atoms with Crippen LogP contribution in [0.4, 0.5) is 0 Å². The van der Waals surface area contributed by atoms with E-state index in [-0.39, 0.29) is 5.97 Å². The van der Waals surface area contributed by atoms with Crippen molar-refractivity contribution in [1.29, 1.82) is 0 Å². The highest BCUT2D eigenvalue weighted by Gasteiger charge is 2.11. The Morgan fingerprint density at radius 2 is 1.71 bits per heavy atom. The maximum absolute atomic E-state index is 11.9. The molecule has 3 aromatic carbocycles. The molecule has 0 N–H and O–H groups in total. The summed E-state index contributed by atoms with van der Waals surface area (Å²) in [6.45, 7) is 0. The number of benzene rings is 3. The van der Waals surface area contributed by atoms with Gasteiger partial charge < -0.3 is 4.74 Å². The monoisotopic (exact) mass is 296 g/mol. The van der Waals surface area contributed by atoms with E-state index >= 15 is 0 Å². The van der Waals surface area contributed by atoms with Gasteiger partial charge in [0.2, 0.25) is 0 Å². The molecular formula is C18H13ClO2. The number of ether oxygens (including phenoxy) is 1. The lowest BCUT2D eigenvalue weighted by Crippen LogP contribution is -2.01. The molecule has 3 heteroatoms. The molecule has 0 aromatic heterocycles. The van der Waals surface area contributed by atoms with Crippen molar-refractivity contribution >= 4 is 28.3 Å². The molecule has 0 unspecified atom stereocenters. The number of fused-ring (bicyclic) bond motifs is 1. The normalized spacial score (nSPS) is 10.6. The molecule has 0 saturated heterocycles. The quantitative estimate of drug-likeness (QED) is 0.626. The van der Waals surface area contributed by atoms with E-state index in [1.54, 1.807) is 0 Å². The smallest absolute Gasteiger partial charge is 0.337 e. The summed E-state index contributed by atoms with van der Waals surface area (Å²) in [5.41, 5.74) is 2.55. The Bertz CT molecular complexity index is 807. The molecule has 0 saturated carbocycles. The Balaban J connectivity index is 2.28. The summed E-state index contributed by atoms with van der Waals surface area (Å²) in [5, 5.41) is 2.78. The molecule has 0 bridgehead atoms. The summed E-state index contributed by atoms with van der Waals surface area (Å²) in [4.78, 5) is 11.9. The highest BCUT2D eigenvalue weighted by atomic mass is 35.5. The highest BCUT2D eigenvalue weighted by molar-refractivity contribution is 6.30. The van der Waals surface area contributed by atoms with Gasteiger partial charge in [0.05, 0.1) is 12.7 Å². The number of halogens is 1. The molecule has 3 rings (SSSR count). The molecule has 0 aliphatic carbocycles. The lowest BCUT2D eigenvalue weighted by atomic mass is 9.95. The molecular weight excluding hydrogens is 284 g/mol. The van der Waals surface area contributed by atoms with Crippen LogP contribution in [0.3, 0.4) is 0 Å². The fourth-order valence-electron chi connectivity index (χ4n) is 2.41. The van der Waals surface area contributed by atoms with Gasteiger partial charge in [0.25, 0.3) is 0 Å². The molecule has 0 fully saturated rings. The Labute approximate surface area is 127 Å². The number of carbonyl (C=O) groups excluding carboxylic acids is 1. The summed E-state index contributed by atoms with van der Waals surface area (Å²) in [6, 6.07) is 19.3. The van der Waals surface area contributed by atoms with Crippen LogP contribution in [0.1, 0.15) is 10.4 Å². The van der Waals surface area contributed by atoms with Crippen LogP contribution in [-0.4, -0.2) is 13.1 Å². The van der Waals surface area contributed by atoms with E-state index < -0.39 is 0 Å². The average molecular weight is 297 g/mol. The van der Waals surface area contributed by atoms with Crippen molar-refractivity contribution in [1.82, 2.24) is 0 Å². The van der Waals surface area contributed by atoms with Crippen molar-refractivity contribution in [2.24, 2.45) is 0 Å². The first-order valence-electron chi connectivity index (χ1n) is 6.56. The van der Waals surface area contributed by atoms with Crippen LogP contribution in [0, 0.1) is 0 Å². The minimum Gasteiger partial charge on any atom is -0.465 e. The molecule has 0 atom stereocenters. The van der Waals surface area contributed by atoms with Crippen molar-refractivity contribution in [2.75, 3.05) is 7.11 Å². The zero-order chi connectivity index (χ0) is 14.8. The third kappa shape index (κ3) is 2.63. The van der Waals surface area contributed by atoms with Gasteiger partial charge in [0, 0.05) is 5.02 Å². The topological polar surface area (TPSA) is 26.3 Å². The maximum Gasteiger partial charge on any atom is 0.337 e. The second-order valence-electron chi connectivity index (χ2n) is 4.74. The fourth-order valence-corrected chi connectivity index (χ4v) is 2.54. The number of esters is 1. The molecule has 21 heavy (non-hydrogen) atoms.